The Bertz CT molecular complexity index is 1340. The van der Waals surface area contributed by atoms with Crippen LogP contribution in [0.2, 0.25) is 0 Å². The van der Waals surface area contributed by atoms with Crippen LogP contribution >= 0.6 is 50.4 Å². The number of thiazole rings is 1. The number of fused-ring (bicyclic) bond motifs is 3. The Morgan fingerprint density at radius 3 is 2.68 bits per heavy atom. The molecule has 0 spiro atoms. The molecule has 0 saturated heterocycles. The SMILES string of the molecule is CSc1sc(C(=O)O)c(C)c1-c1csc(Nc2ccc3c(c2)Cc2cc(Br)ccc2-3)n1. The summed E-state index contributed by atoms with van der Waals surface area (Å²) in [7, 11) is 0. The van der Waals surface area contributed by atoms with Gasteiger partial charge in [-0.2, -0.15) is 0 Å². The number of carboxylic acid groups (broad SMARTS) is 1. The minimum Gasteiger partial charge on any atom is -0.477 e. The van der Waals surface area contributed by atoms with E-state index in [-0.39, 0.29) is 0 Å². The summed E-state index contributed by atoms with van der Waals surface area (Å²) in [4.78, 5) is 16.7. The molecule has 4 nitrogen and oxygen atoms in total. The smallest absolute Gasteiger partial charge is 0.346 e. The number of hydrogen-bond donors (Lipinski definition) is 2. The molecule has 0 fully saturated rings. The van der Waals surface area contributed by atoms with E-state index in [9.17, 15) is 9.90 Å². The number of thioether (sulfide) groups is 1. The van der Waals surface area contributed by atoms with E-state index >= 15 is 0 Å². The molecule has 31 heavy (non-hydrogen) atoms. The van der Waals surface area contributed by atoms with Crippen LogP contribution in [-0.2, 0) is 6.42 Å². The number of thiophene rings is 1. The number of carboxylic acids is 1. The molecular weight excluding hydrogens is 512 g/mol. The molecule has 0 saturated carbocycles. The Hall–Kier alpha value is -2.13. The zero-order valence-corrected chi connectivity index (χ0v) is 20.7. The second kappa shape index (κ2) is 8.09. The summed E-state index contributed by atoms with van der Waals surface area (Å²) < 4.78 is 2.08. The van der Waals surface area contributed by atoms with Crippen molar-refractivity contribution in [3.63, 3.8) is 0 Å². The van der Waals surface area contributed by atoms with Gasteiger partial charge in [-0.05, 0) is 71.7 Å². The molecule has 4 aromatic rings. The van der Waals surface area contributed by atoms with E-state index in [4.69, 9.17) is 4.98 Å². The first-order chi connectivity index (χ1) is 14.9. The number of carbonyl (C=O) groups is 1. The minimum atomic E-state index is -0.885. The summed E-state index contributed by atoms with van der Waals surface area (Å²) in [6.07, 6.45) is 2.89. The van der Waals surface area contributed by atoms with Crippen molar-refractivity contribution in [3.8, 4) is 22.4 Å². The number of rotatable bonds is 5. The van der Waals surface area contributed by atoms with Gasteiger partial charge in [0.1, 0.15) is 4.88 Å². The van der Waals surface area contributed by atoms with Crippen LogP contribution in [0.5, 0.6) is 0 Å². The fraction of sp³-hybridized carbons (Fsp3) is 0.130. The van der Waals surface area contributed by atoms with Crippen molar-refractivity contribution < 1.29 is 9.90 Å². The number of hydrogen-bond acceptors (Lipinski definition) is 6. The molecule has 0 amide bonds. The first kappa shape index (κ1) is 20.8. The third-order valence-electron chi connectivity index (χ3n) is 5.35. The molecule has 0 unspecified atom stereocenters. The molecule has 0 atom stereocenters. The molecule has 0 bridgehead atoms. The summed E-state index contributed by atoms with van der Waals surface area (Å²) in [6, 6.07) is 12.9. The maximum absolute atomic E-state index is 11.5. The average molecular weight is 530 g/mol. The van der Waals surface area contributed by atoms with Crippen LogP contribution in [0.3, 0.4) is 0 Å². The molecule has 2 N–H and O–H groups in total. The molecule has 2 aromatic heterocycles. The van der Waals surface area contributed by atoms with Gasteiger partial charge in [0.05, 0.1) is 9.90 Å². The van der Waals surface area contributed by atoms with Crippen molar-refractivity contribution in [2.45, 2.75) is 17.6 Å². The Labute approximate surface area is 200 Å². The van der Waals surface area contributed by atoms with Gasteiger partial charge in [0.2, 0.25) is 0 Å². The van der Waals surface area contributed by atoms with E-state index in [0.29, 0.717) is 4.88 Å². The molecule has 2 aromatic carbocycles. The molecule has 156 valence electrons. The summed E-state index contributed by atoms with van der Waals surface area (Å²) in [5.74, 6) is -0.885. The monoisotopic (exact) mass is 528 g/mol. The van der Waals surface area contributed by atoms with Gasteiger partial charge in [0.25, 0.3) is 0 Å². The van der Waals surface area contributed by atoms with Crippen molar-refractivity contribution in [1.29, 1.82) is 0 Å². The maximum Gasteiger partial charge on any atom is 0.346 e. The summed E-state index contributed by atoms with van der Waals surface area (Å²) >= 11 is 7.96. The Morgan fingerprint density at radius 1 is 1.19 bits per heavy atom. The first-order valence-electron chi connectivity index (χ1n) is 9.50. The van der Waals surface area contributed by atoms with Gasteiger partial charge in [-0.15, -0.1) is 34.4 Å². The number of nitrogens with one attached hydrogen (secondary N) is 1. The van der Waals surface area contributed by atoms with Gasteiger partial charge >= 0.3 is 5.97 Å². The van der Waals surface area contributed by atoms with Gasteiger partial charge in [0.15, 0.2) is 5.13 Å². The van der Waals surface area contributed by atoms with E-state index in [2.05, 4.69) is 57.6 Å². The molecule has 0 aliphatic heterocycles. The predicted molar refractivity (Wildman–Crippen MR) is 135 cm³/mol. The lowest BCUT2D eigenvalue weighted by Gasteiger charge is -2.06. The van der Waals surface area contributed by atoms with Crippen LogP contribution in [0.25, 0.3) is 22.4 Å². The van der Waals surface area contributed by atoms with Crippen LogP contribution in [0.15, 0.2) is 50.5 Å². The average Bonchev–Trinajstić information content (AvgIpc) is 3.42. The second-order valence-corrected chi connectivity index (χ2v) is 11.1. The van der Waals surface area contributed by atoms with E-state index in [1.54, 1.807) is 11.8 Å². The number of anilines is 2. The summed E-state index contributed by atoms with van der Waals surface area (Å²) in [5, 5.41) is 15.7. The van der Waals surface area contributed by atoms with Crippen molar-refractivity contribution in [2.75, 3.05) is 11.6 Å². The number of halogens is 1. The minimum absolute atomic E-state index is 0.381. The van der Waals surface area contributed by atoms with Crippen LogP contribution in [0.1, 0.15) is 26.4 Å². The lowest BCUT2D eigenvalue weighted by Crippen LogP contribution is -1.95. The molecule has 0 radical (unpaired) electrons. The van der Waals surface area contributed by atoms with Crippen molar-refractivity contribution >= 4 is 67.2 Å². The van der Waals surface area contributed by atoms with Crippen molar-refractivity contribution in [1.82, 2.24) is 4.98 Å². The lowest BCUT2D eigenvalue weighted by atomic mass is 10.1. The van der Waals surface area contributed by atoms with Crippen molar-refractivity contribution in [2.24, 2.45) is 0 Å². The van der Waals surface area contributed by atoms with Gasteiger partial charge in [-0.3, -0.25) is 0 Å². The molecule has 1 aliphatic rings. The van der Waals surface area contributed by atoms with E-state index in [1.807, 2.05) is 18.6 Å². The Kier molecular flexibility index (Phi) is 5.42. The van der Waals surface area contributed by atoms with Crippen LogP contribution in [0, 0.1) is 6.92 Å². The highest BCUT2D eigenvalue weighted by Crippen LogP contribution is 2.43. The highest BCUT2D eigenvalue weighted by Gasteiger charge is 2.22. The summed E-state index contributed by atoms with van der Waals surface area (Å²) in [6.45, 7) is 1.86. The normalized spacial score (nSPS) is 12.0. The Balaban J connectivity index is 1.42. The van der Waals surface area contributed by atoms with Crippen molar-refractivity contribution in [3.05, 3.63) is 67.8 Å². The van der Waals surface area contributed by atoms with Crippen LogP contribution in [-0.4, -0.2) is 22.3 Å². The quantitative estimate of drug-likeness (QED) is 0.229. The number of aromatic nitrogens is 1. The third-order valence-corrected chi connectivity index (χ3v) is 9.00. The maximum atomic E-state index is 11.5. The zero-order chi connectivity index (χ0) is 21.7. The fourth-order valence-corrected chi connectivity index (χ4v) is 7.02. The topological polar surface area (TPSA) is 62.2 Å². The van der Waals surface area contributed by atoms with Crippen LogP contribution in [0.4, 0.5) is 10.8 Å². The fourth-order valence-electron chi connectivity index (χ4n) is 3.96. The van der Waals surface area contributed by atoms with E-state index in [0.717, 1.165) is 42.7 Å². The highest BCUT2D eigenvalue weighted by molar-refractivity contribution is 9.10. The van der Waals surface area contributed by atoms with Crippen LogP contribution < -0.4 is 5.32 Å². The third kappa shape index (κ3) is 3.71. The van der Waals surface area contributed by atoms with Gasteiger partial charge < -0.3 is 10.4 Å². The second-order valence-electron chi connectivity index (χ2n) is 7.24. The van der Waals surface area contributed by atoms with Gasteiger partial charge in [-0.25, -0.2) is 9.78 Å². The van der Waals surface area contributed by atoms with E-state index < -0.39 is 5.97 Å². The molecular formula is C23H17BrN2O2S3. The molecule has 2 heterocycles. The molecule has 5 rings (SSSR count). The largest absolute Gasteiger partial charge is 0.477 e. The molecule has 1 aliphatic carbocycles. The van der Waals surface area contributed by atoms with Gasteiger partial charge in [0, 0.05) is 21.1 Å². The number of aromatic carboxylic acids is 1. The number of benzene rings is 2. The van der Waals surface area contributed by atoms with E-state index in [1.165, 1.54) is 44.9 Å². The lowest BCUT2D eigenvalue weighted by molar-refractivity contribution is 0.0701. The summed E-state index contributed by atoms with van der Waals surface area (Å²) in [5.41, 5.74) is 8.75. The zero-order valence-electron chi connectivity index (χ0n) is 16.7. The molecule has 8 heteroatoms. The number of nitrogens with zero attached hydrogens (tertiary/aromatic N) is 1. The Morgan fingerprint density at radius 2 is 1.94 bits per heavy atom. The predicted octanol–water partition coefficient (Wildman–Crippen LogP) is 7.68. The highest BCUT2D eigenvalue weighted by atomic mass is 79.9. The van der Waals surface area contributed by atoms with Gasteiger partial charge in [-0.1, -0.05) is 28.1 Å². The standard InChI is InChI=1S/C23H17BrN2O2S3/c1-11-19(22(29-2)31-20(11)21(27)28)18-10-30-23(26-18)25-15-4-6-17-13(9-15)7-12-8-14(24)3-5-16(12)17/h3-6,8-10H,7H2,1-2H3,(H,25,26)(H,27,28). The first-order valence-corrected chi connectivity index (χ1v) is 13.2.